The van der Waals surface area contributed by atoms with E-state index in [9.17, 15) is 9.59 Å². The van der Waals surface area contributed by atoms with Crippen LogP contribution < -0.4 is 10.1 Å². The molecule has 1 atom stereocenters. The number of methoxy groups -OCH3 is 1. The van der Waals surface area contributed by atoms with Gasteiger partial charge in [-0.15, -0.1) is 0 Å². The summed E-state index contributed by atoms with van der Waals surface area (Å²) >= 11 is 0. The number of rotatable bonds is 6. The lowest BCUT2D eigenvalue weighted by molar-refractivity contribution is -0.123. The molecule has 1 N–H and O–H groups in total. The van der Waals surface area contributed by atoms with Crippen molar-refractivity contribution in [1.82, 2.24) is 0 Å². The van der Waals surface area contributed by atoms with Crippen molar-refractivity contribution in [3.63, 3.8) is 0 Å². The van der Waals surface area contributed by atoms with E-state index in [0.717, 1.165) is 5.56 Å². The Morgan fingerprint density at radius 2 is 1.68 bits per heavy atom. The number of esters is 1. The van der Waals surface area contributed by atoms with Crippen LogP contribution in [0.15, 0.2) is 48.5 Å². The Balaban J connectivity index is 1.96. The highest BCUT2D eigenvalue weighted by molar-refractivity contribution is 5.97. The van der Waals surface area contributed by atoms with Crippen molar-refractivity contribution >= 4 is 17.6 Å². The topological polar surface area (TPSA) is 64.6 Å². The van der Waals surface area contributed by atoms with Gasteiger partial charge in [-0.1, -0.05) is 32.0 Å². The summed E-state index contributed by atoms with van der Waals surface area (Å²) in [5.74, 6) is 0.0920. The van der Waals surface area contributed by atoms with Gasteiger partial charge in [0.15, 0.2) is 6.10 Å². The Hall–Kier alpha value is -2.82. The maximum Gasteiger partial charge on any atom is 0.338 e. The highest BCUT2D eigenvalue weighted by Crippen LogP contribution is 2.18. The van der Waals surface area contributed by atoms with Crippen LogP contribution in [0, 0.1) is 0 Å². The number of anilines is 1. The van der Waals surface area contributed by atoms with Gasteiger partial charge in [-0.2, -0.15) is 0 Å². The summed E-state index contributed by atoms with van der Waals surface area (Å²) < 4.78 is 10.4. The SMILES string of the molecule is COc1cccc(NC(=O)[C@H](C)OC(=O)c2ccc(C(C)C)cc2)c1. The molecule has 1 amide bonds. The summed E-state index contributed by atoms with van der Waals surface area (Å²) in [4.78, 5) is 24.4. The number of benzene rings is 2. The molecule has 2 aromatic carbocycles. The van der Waals surface area contributed by atoms with Crippen LogP contribution >= 0.6 is 0 Å². The van der Waals surface area contributed by atoms with E-state index in [2.05, 4.69) is 19.2 Å². The minimum Gasteiger partial charge on any atom is -0.497 e. The molecule has 0 aromatic heterocycles. The Bertz CT molecular complexity index is 738. The fraction of sp³-hybridized carbons (Fsp3) is 0.300. The molecular weight excluding hydrogens is 318 g/mol. The van der Waals surface area contributed by atoms with E-state index in [-0.39, 0.29) is 0 Å². The van der Waals surface area contributed by atoms with Crippen molar-refractivity contribution in [2.45, 2.75) is 32.8 Å². The molecule has 0 spiro atoms. The van der Waals surface area contributed by atoms with E-state index in [4.69, 9.17) is 9.47 Å². The van der Waals surface area contributed by atoms with Gasteiger partial charge in [0.05, 0.1) is 12.7 Å². The van der Waals surface area contributed by atoms with Gasteiger partial charge in [-0.05, 0) is 42.7 Å². The van der Waals surface area contributed by atoms with Gasteiger partial charge >= 0.3 is 5.97 Å². The minimum atomic E-state index is -0.913. The van der Waals surface area contributed by atoms with Gasteiger partial charge in [0.25, 0.3) is 5.91 Å². The standard InChI is InChI=1S/C20H23NO4/c1-13(2)15-8-10-16(11-9-15)20(23)25-14(3)19(22)21-17-6-5-7-18(12-17)24-4/h5-14H,1-4H3,(H,21,22)/t14-/m0/s1. The van der Waals surface area contributed by atoms with Crippen LogP contribution in [-0.2, 0) is 9.53 Å². The monoisotopic (exact) mass is 341 g/mol. The lowest BCUT2D eigenvalue weighted by atomic mass is 10.0. The van der Waals surface area contributed by atoms with E-state index in [1.807, 2.05) is 12.1 Å². The Labute approximate surface area is 148 Å². The van der Waals surface area contributed by atoms with Gasteiger partial charge in [0.1, 0.15) is 5.75 Å². The Kier molecular flexibility index (Phi) is 6.17. The lowest BCUT2D eigenvalue weighted by Gasteiger charge is -2.14. The van der Waals surface area contributed by atoms with E-state index >= 15 is 0 Å². The first-order valence-corrected chi connectivity index (χ1v) is 8.16. The highest BCUT2D eigenvalue weighted by Gasteiger charge is 2.19. The van der Waals surface area contributed by atoms with Crippen LogP contribution in [0.4, 0.5) is 5.69 Å². The first kappa shape index (κ1) is 18.5. The molecule has 5 nitrogen and oxygen atoms in total. The fourth-order valence-corrected chi connectivity index (χ4v) is 2.23. The third-order valence-electron chi connectivity index (χ3n) is 3.80. The summed E-state index contributed by atoms with van der Waals surface area (Å²) in [6, 6.07) is 14.2. The summed E-state index contributed by atoms with van der Waals surface area (Å²) in [5.41, 5.74) is 2.14. The molecule has 0 aliphatic rings. The zero-order valence-corrected chi connectivity index (χ0v) is 14.9. The van der Waals surface area contributed by atoms with Crippen molar-refractivity contribution in [1.29, 1.82) is 0 Å². The second-order valence-corrected chi connectivity index (χ2v) is 6.05. The van der Waals surface area contributed by atoms with Gasteiger partial charge in [0.2, 0.25) is 0 Å². The molecule has 0 saturated heterocycles. The van der Waals surface area contributed by atoms with Crippen LogP contribution in [-0.4, -0.2) is 25.1 Å². The molecule has 0 bridgehead atoms. The third kappa shape index (κ3) is 5.08. The first-order valence-electron chi connectivity index (χ1n) is 8.16. The second-order valence-electron chi connectivity index (χ2n) is 6.05. The molecule has 25 heavy (non-hydrogen) atoms. The van der Waals surface area contributed by atoms with Crippen molar-refractivity contribution in [3.05, 3.63) is 59.7 Å². The minimum absolute atomic E-state index is 0.387. The van der Waals surface area contributed by atoms with Crippen LogP contribution in [0.5, 0.6) is 5.75 Å². The number of hydrogen-bond acceptors (Lipinski definition) is 4. The van der Waals surface area contributed by atoms with Gasteiger partial charge in [0, 0.05) is 11.8 Å². The van der Waals surface area contributed by atoms with Crippen molar-refractivity contribution in [2.75, 3.05) is 12.4 Å². The Morgan fingerprint density at radius 1 is 1.00 bits per heavy atom. The summed E-state index contributed by atoms with van der Waals surface area (Å²) in [5, 5.41) is 2.70. The first-order chi connectivity index (χ1) is 11.9. The molecule has 2 aromatic rings. The van der Waals surface area contributed by atoms with Crippen LogP contribution in [0.1, 0.15) is 42.6 Å². The van der Waals surface area contributed by atoms with Gasteiger partial charge < -0.3 is 14.8 Å². The van der Waals surface area contributed by atoms with Crippen LogP contribution in [0.3, 0.4) is 0 Å². The van der Waals surface area contributed by atoms with Crippen molar-refractivity contribution < 1.29 is 19.1 Å². The number of carbonyl (C=O) groups is 2. The Morgan fingerprint density at radius 3 is 2.28 bits per heavy atom. The molecule has 0 radical (unpaired) electrons. The van der Waals surface area contributed by atoms with Gasteiger partial charge in [-0.3, -0.25) is 4.79 Å². The predicted molar refractivity (Wildman–Crippen MR) is 97.0 cm³/mol. The molecule has 0 fully saturated rings. The predicted octanol–water partition coefficient (Wildman–Crippen LogP) is 4.00. The summed E-state index contributed by atoms with van der Waals surface area (Å²) in [7, 11) is 1.55. The second kappa shape index (κ2) is 8.33. The lowest BCUT2D eigenvalue weighted by Crippen LogP contribution is -2.30. The van der Waals surface area contributed by atoms with Crippen molar-refractivity contribution in [3.8, 4) is 5.75 Å². The molecule has 0 heterocycles. The number of nitrogens with one attached hydrogen (secondary N) is 1. The van der Waals surface area contributed by atoms with Crippen LogP contribution in [0.2, 0.25) is 0 Å². The average Bonchev–Trinajstić information content (AvgIpc) is 2.61. The molecule has 0 unspecified atom stereocenters. The molecule has 0 aliphatic carbocycles. The quantitative estimate of drug-likeness (QED) is 0.807. The average molecular weight is 341 g/mol. The number of hydrogen-bond donors (Lipinski definition) is 1. The molecule has 0 aliphatic heterocycles. The summed E-state index contributed by atoms with van der Waals surface area (Å²) in [6.45, 7) is 5.70. The van der Waals surface area contributed by atoms with Gasteiger partial charge in [-0.25, -0.2) is 4.79 Å². The molecule has 132 valence electrons. The smallest absolute Gasteiger partial charge is 0.338 e. The zero-order chi connectivity index (χ0) is 18.4. The molecule has 0 saturated carbocycles. The molecule has 5 heteroatoms. The molecule has 2 rings (SSSR count). The normalized spacial score (nSPS) is 11.7. The largest absolute Gasteiger partial charge is 0.497 e. The van der Waals surface area contributed by atoms with Crippen molar-refractivity contribution in [2.24, 2.45) is 0 Å². The number of carbonyl (C=O) groups excluding carboxylic acids is 2. The maximum absolute atomic E-state index is 12.2. The molecular formula is C20H23NO4. The fourth-order valence-electron chi connectivity index (χ4n) is 2.23. The summed E-state index contributed by atoms with van der Waals surface area (Å²) in [6.07, 6.45) is -0.913. The third-order valence-corrected chi connectivity index (χ3v) is 3.80. The maximum atomic E-state index is 12.2. The van der Waals surface area contributed by atoms with E-state index in [1.54, 1.807) is 43.5 Å². The number of ether oxygens (including phenoxy) is 2. The van der Waals surface area contributed by atoms with Crippen LogP contribution in [0.25, 0.3) is 0 Å². The highest BCUT2D eigenvalue weighted by atomic mass is 16.5. The zero-order valence-electron chi connectivity index (χ0n) is 14.9. The van der Waals surface area contributed by atoms with E-state index < -0.39 is 18.0 Å². The number of amides is 1. The van der Waals surface area contributed by atoms with E-state index in [1.165, 1.54) is 6.92 Å². The van der Waals surface area contributed by atoms with E-state index in [0.29, 0.717) is 22.9 Å².